The van der Waals surface area contributed by atoms with Gasteiger partial charge in [-0.05, 0) is 49.3 Å². The molecule has 17 heavy (non-hydrogen) atoms. The van der Waals surface area contributed by atoms with Crippen molar-refractivity contribution in [2.75, 3.05) is 5.73 Å². The molecule has 0 aromatic heterocycles. The second-order valence-corrected chi connectivity index (χ2v) is 5.51. The molecule has 0 bridgehead atoms. The van der Waals surface area contributed by atoms with Crippen molar-refractivity contribution in [1.29, 1.82) is 0 Å². The Morgan fingerprint density at radius 1 is 1.06 bits per heavy atom. The molecule has 0 radical (unpaired) electrons. The van der Waals surface area contributed by atoms with E-state index in [1.807, 2.05) is 6.07 Å². The average Bonchev–Trinajstić information content (AvgIpc) is 2.83. The number of rotatable bonds is 2. The zero-order valence-electron chi connectivity index (χ0n) is 10.4. The fourth-order valence-electron chi connectivity index (χ4n) is 3.43. The molecule has 1 atom stereocenters. The fourth-order valence-corrected chi connectivity index (χ4v) is 3.43. The zero-order valence-corrected chi connectivity index (χ0v) is 10.4. The number of nitrogen functional groups attached to an aromatic ring is 1. The molecule has 1 aromatic rings. The molecule has 2 nitrogen and oxygen atoms in total. The van der Waals surface area contributed by atoms with Crippen LogP contribution in [0.3, 0.4) is 0 Å². The minimum absolute atomic E-state index is 0.547. The van der Waals surface area contributed by atoms with E-state index < -0.39 is 0 Å². The molecule has 1 saturated carbocycles. The highest BCUT2D eigenvalue weighted by Crippen LogP contribution is 2.34. The standard InChI is InChI=1S/C15H22N2/c16-14-9-3-8-13-12(14)7-4-10-15(13)17-11-5-1-2-6-11/h3,8-9,11,15,17H,1-2,4-7,10,16H2. The van der Waals surface area contributed by atoms with Gasteiger partial charge in [-0.3, -0.25) is 0 Å². The highest BCUT2D eigenvalue weighted by molar-refractivity contribution is 5.52. The van der Waals surface area contributed by atoms with Gasteiger partial charge in [-0.2, -0.15) is 0 Å². The second kappa shape index (κ2) is 4.69. The number of fused-ring (bicyclic) bond motifs is 1. The summed E-state index contributed by atoms with van der Waals surface area (Å²) in [6.45, 7) is 0. The molecule has 2 aliphatic rings. The zero-order chi connectivity index (χ0) is 11.7. The van der Waals surface area contributed by atoms with Gasteiger partial charge in [0.25, 0.3) is 0 Å². The summed E-state index contributed by atoms with van der Waals surface area (Å²) in [5.74, 6) is 0. The number of anilines is 1. The fraction of sp³-hybridized carbons (Fsp3) is 0.600. The Morgan fingerprint density at radius 3 is 2.71 bits per heavy atom. The molecule has 1 unspecified atom stereocenters. The Morgan fingerprint density at radius 2 is 1.88 bits per heavy atom. The molecular weight excluding hydrogens is 208 g/mol. The van der Waals surface area contributed by atoms with E-state index in [1.165, 1.54) is 49.7 Å². The van der Waals surface area contributed by atoms with Crippen LogP contribution in [0.15, 0.2) is 18.2 Å². The largest absolute Gasteiger partial charge is 0.398 e. The van der Waals surface area contributed by atoms with Crippen molar-refractivity contribution in [3.63, 3.8) is 0 Å². The van der Waals surface area contributed by atoms with E-state index >= 15 is 0 Å². The van der Waals surface area contributed by atoms with Crippen molar-refractivity contribution in [3.05, 3.63) is 29.3 Å². The summed E-state index contributed by atoms with van der Waals surface area (Å²) in [6.07, 6.45) is 9.20. The van der Waals surface area contributed by atoms with Crippen LogP contribution in [0.5, 0.6) is 0 Å². The maximum Gasteiger partial charge on any atom is 0.0349 e. The molecule has 0 heterocycles. The van der Waals surface area contributed by atoms with Crippen molar-refractivity contribution in [2.24, 2.45) is 0 Å². The Bertz CT molecular complexity index is 394. The highest BCUT2D eigenvalue weighted by Gasteiger charge is 2.25. The van der Waals surface area contributed by atoms with E-state index in [4.69, 9.17) is 5.73 Å². The van der Waals surface area contributed by atoms with E-state index in [2.05, 4.69) is 17.4 Å². The van der Waals surface area contributed by atoms with E-state index in [1.54, 1.807) is 0 Å². The van der Waals surface area contributed by atoms with Crippen LogP contribution in [-0.2, 0) is 6.42 Å². The Kier molecular flexibility index (Phi) is 3.06. The molecule has 0 spiro atoms. The third-order valence-corrected chi connectivity index (χ3v) is 4.34. The van der Waals surface area contributed by atoms with Crippen LogP contribution in [0.4, 0.5) is 5.69 Å². The van der Waals surface area contributed by atoms with Crippen molar-refractivity contribution in [2.45, 2.75) is 57.0 Å². The maximum atomic E-state index is 6.08. The van der Waals surface area contributed by atoms with E-state index in [-0.39, 0.29) is 0 Å². The van der Waals surface area contributed by atoms with Crippen LogP contribution in [0, 0.1) is 0 Å². The molecule has 2 heteroatoms. The monoisotopic (exact) mass is 230 g/mol. The van der Waals surface area contributed by atoms with Crippen molar-refractivity contribution >= 4 is 5.69 Å². The SMILES string of the molecule is Nc1cccc2c1CCCC2NC1CCCC1. The first kappa shape index (κ1) is 11.1. The molecular formula is C15H22N2. The maximum absolute atomic E-state index is 6.08. The summed E-state index contributed by atoms with van der Waals surface area (Å²) in [5, 5.41) is 3.85. The minimum atomic E-state index is 0.547. The predicted octanol–water partition coefficient (Wildman–Crippen LogP) is 3.18. The average molecular weight is 230 g/mol. The van der Waals surface area contributed by atoms with Crippen LogP contribution in [0.25, 0.3) is 0 Å². The van der Waals surface area contributed by atoms with E-state index in [9.17, 15) is 0 Å². The lowest BCUT2D eigenvalue weighted by Crippen LogP contribution is -2.33. The summed E-state index contributed by atoms with van der Waals surface area (Å²) >= 11 is 0. The third kappa shape index (κ3) is 2.19. The van der Waals surface area contributed by atoms with Gasteiger partial charge in [0, 0.05) is 17.8 Å². The number of hydrogen-bond donors (Lipinski definition) is 2. The third-order valence-electron chi connectivity index (χ3n) is 4.34. The summed E-state index contributed by atoms with van der Waals surface area (Å²) in [5.41, 5.74) is 9.93. The lowest BCUT2D eigenvalue weighted by Gasteiger charge is -2.30. The van der Waals surface area contributed by atoms with Crippen LogP contribution < -0.4 is 11.1 Å². The lowest BCUT2D eigenvalue weighted by atomic mass is 9.86. The first-order chi connectivity index (χ1) is 8.34. The van der Waals surface area contributed by atoms with Gasteiger partial charge in [0.15, 0.2) is 0 Å². The number of benzene rings is 1. The predicted molar refractivity (Wildman–Crippen MR) is 71.9 cm³/mol. The Balaban J connectivity index is 1.81. The lowest BCUT2D eigenvalue weighted by molar-refractivity contribution is 0.397. The summed E-state index contributed by atoms with van der Waals surface area (Å²) < 4.78 is 0. The van der Waals surface area contributed by atoms with Gasteiger partial charge in [0.1, 0.15) is 0 Å². The highest BCUT2D eigenvalue weighted by atomic mass is 15.0. The second-order valence-electron chi connectivity index (χ2n) is 5.51. The molecule has 0 amide bonds. The van der Waals surface area contributed by atoms with Gasteiger partial charge in [0.05, 0.1) is 0 Å². The molecule has 3 rings (SSSR count). The van der Waals surface area contributed by atoms with E-state index in [0.29, 0.717) is 6.04 Å². The van der Waals surface area contributed by atoms with Gasteiger partial charge in [-0.25, -0.2) is 0 Å². The van der Waals surface area contributed by atoms with Crippen molar-refractivity contribution < 1.29 is 0 Å². The molecule has 3 N–H and O–H groups in total. The first-order valence-corrected chi connectivity index (χ1v) is 6.98. The smallest absolute Gasteiger partial charge is 0.0349 e. The first-order valence-electron chi connectivity index (χ1n) is 6.98. The molecule has 1 aromatic carbocycles. The molecule has 2 aliphatic carbocycles. The summed E-state index contributed by atoms with van der Waals surface area (Å²) in [7, 11) is 0. The molecule has 0 saturated heterocycles. The van der Waals surface area contributed by atoms with Crippen LogP contribution >= 0.6 is 0 Å². The number of hydrogen-bond acceptors (Lipinski definition) is 2. The quantitative estimate of drug-likeness (QED) is 0.766. The minimum Gasteiger partial charge on any atom is -0.398 e. The molecule has 92 valence electrons. The normalized spacial score (nSPS) is 24.8. The summed E-state index contributed by atoms with van der Waals surface area (Å²) in [4.78, 5) is 0. The number of nitrogens with one attached hydrogen (secondary N) is 1. The van der Waals surface area contributed by atoms with Gasteiger partial charge in [-0.15, -0.1) is 0 Å². The van der Waals surface area contributed by atoms with Gasteiger partial charge in [0.2, 0.25) is 0 Å². The topological polar surface area (TPSA) is 38.0 Å². The van der Waals surface area contributed by atoms with Gasteiger partial charge >= 0.3 is 0 Å². The van der Waals surface area contributed by atoms with Crippen molar-refractivity contribution in [3.8, 4) is 0 Å². The van der Waals surface area contributed by atoms with Crippen LogP contribution in [0.1, 0.15) is 55.7 Å². The van der Waals surface area contributed by atoms with Crippen molar-refractivity contribution in [1.82, 2.24) is 5.32 Å². The van der Waals surface area contributed by atoms with E-state index in [0.717, 1.165) is 18.2 Å². The van der Waals surface area contributed by atoms with Crippen LogP contribution in [-0.4, -0.2) is 6.04 Å². The Hall–Kier alpha value is -1.02. The number of nitrogens with two attached hydrogens (primary N) is 1. The van der Waals surface area contributed by atoms with Gasteiger partial charge in [-0.1, -0.05) is 25.0 Å². The molecule has 0 aliphatic heterocycles. The summed E-state index contributed by atoms with van der Waals surface area (Å²) in [6, 6.07) is 7.69. The molecule has 1 fully saturated rings. The van der Waals surface area contributed by atoms with Crippen LogP contribution in [0.2, 0.25) is 0 Å². The van der Waals surface area contributed by atoms with Gasteiger partial charge < -0.3 is 11.1 Å². The Labute approximate surface area is 104 Å².